The maximum absolute atomic E-state index is 12.2. The minimum Gasteiger partial charge on any atom is -0.508 e. The van der Waals surface area contributed by atoms with E-state index >= 15 is 0 Å². The first-order valence-electron chi connectivity index (χ1n) is 9.18. The molecule has 0 bridgehead atoms. The number of carbonyl (C=O) groups is 4. The lowest BCUT2D eigenvalue weighted by Crippen LogP contribution is -2.47. The van der Waals surface area contributed by atoms with Crippen molar-refractivity contribution in [2.75, 3.05) is 14.2 Å². The average Bonchev–Trinajstić information content (AvgIpc) is 2.66. The molecule has 0 heterocycles. The third kappa shape index (κ3) is 8.63. The number of amides is 2. The highest BCUT2D eigenvalue weighted by molar-refractivity contribution is 5.99. The van der Waals surface area contributed by atoms with Crippen molar-refractivity contribution >= 4 is 23.8 Å². The van der Waals surface area contributed by atoms with Gasteiger partial charge >= 0.3 is 11.9 Å². The largest absolute Gasteiger partial charge is 0.508 e. The van der Waals surface area contributed by atoms with E-state index in [1.807, 2.05) is 13.8 Å². The molecule has 0 radical (unpaired) electrons. The van der Waals surface area contributed by atoms with Gasteiger partial charge < -0.3 is 25.2 Å². The normalized spacial score (nSPS) is 12.6. The molecule has 0 aliphatic carbocycles. The Bertz CT molecular complexity index is 716. The van der Waals surface area contributed by atoms with Gasteiger partial charge in [0.2, 0.25) is 11.8 Å². The van der Waals surface area contributed by atoms with E-state index in [-0.39, 0.29) is 18.1 Å². The Morgan fingerprint density at radius 1 is 0.897 bits per heavy atom. The predicted molar refractivity (Wildman–Crippen MR) is 104 cm³/mol. The highest BCUT2D eigenvalue weighted by Gasteiger charge is 2.26. The molecule has 1 rings (SSSR count). The smallest absolute Gasteiger partial charge is 0.328 e. The number of phenolic OH excluding ortho intramolecular Hbond substituents is 1. The van der Waals surface area contributed by atoms with E-state index < -0.39 is 42.3 Å². The van der Waals surface area contributed by atoms with Gasteiger partial charge in [-0.2, -0.15) is 0 Å². The number of esters is 2. The second-order valence-corrected chi connectivity index (χ2v) is 6.96. The number of phenols is 1. The summed E-state index contributed by atoms with van der Waals surface area (Å²) in [5.41, 5.74) is 0.686. The Balaban J connectivity index is 2.71. The number of hydrogen-bond acceptors (Lipinski definition) is 7. The van der Waals surface area contributed by atoms with Crippen LogP contribution in [0.4, 0.5) is 0 Å². The quantitative estimate of drug-likeness (QED) is 0.383. The molecular formula is C20H28N2O7. The number of aromatic hydroxyl groups is 1. The minimum absolute atomic E-state index is 0.0747. The molecule has 29 heavy (non-hydrogen) atoms. The standard InChI is InChI=1S/C20H28N2O7/c1-12(2)9-15(19(26)28-3)21-17(24)11-18(25)22-16(20(27)29-4)10-13-5-7-14(23)8-6-13/h5-8,12,15-16,23H,9-11H2,1-4H3,(H,21,24)(H,22,25)/t15-,16-/m0/s1. The van der Waals surface area contributed by atoms with E-state index in [1.165, 1.54) is 26.4 Å². The molecule has 2 amide bonds. The first-order chi connectivity index (χ1) is 13.7. The van der Waals surface area contributed by atoms with Crippen molar-refractivity contribution in [1.82, 2.24) is 10.6 Å². The Labute approximate surface area is 169 Å². The molecule has 0 aromatic heterocycles. The van der Waals surface area contributed by atoms with Crippen LogP contribution in [0.25, 0.3) is 0 Å². The van der Waals surface area contributed by atoms with Gasteiger partial charge in [-0.25, -0.2) is 9.59 Å². The van der Waals surface area contributed by atoms with Gasteiger partial charge in [-0.3, -0.25) is 9.59 Å². The first-order valence-corrected chi connectivity index (χ1v) is 9.18. The van der Waals surface area contributed by atoms with E-state index in [4.69, 9.17) is 4.74 Å². The molecule has 2 atom stereocenters. The minimum atomic E-state index is -1.00. The summed E-state index contributed by atoms with van der Waals surface area (Å²) >= 11 is 0. The van der Waals surface area contributed by atoms with Gasteiger partial charge in [-0.1, -0.05) is 26.0 Å². The summed E-state index contributed by atoms with van der Waals surface area (Å²) in [4.78, 5) is 48.2. The summed E-state index contributed by atoms with van der Waals surface area (Å²) in [5, 5.41) is 14.3. The molecule has 0 aliphatic heterocycles. The summed E-state index contributed by atoms with van der Waals surface area (Å²) in [6.45, 7) is 3.78. The highest BCUT2D eigenvalue weighted by Crippen LogP contribution is 2.12. The van der Waals surface area contributed by atoms with Crippen LogP contribution in [0, 0.1) is 5.92 Å². The van der Waals surface area contributed by atoms with Crippen LogP contribution < -0.4 is 10.6 Å². The molecule has 0 unspecified atom stereocenters. The molecule has 3 N–H and O–H groups in total. The zero-order valence-electron chi connectivity index (χ0n) is 17.1. The van der Waals surface area contributed by atoms with Crippen molar-refractivity contribution < 1.29 is 33.8 Å². The van der Waals surface area contributed by atoms with Crippen LogP contribution in [0.5, 0.6) is 5.75 Å². The Hall–Kier alpha value is -3.10. The van der Waals surface area contributed by atoms with Gasteiger partial charge in [0.1, 0.15) is 24.3 Å². The van der Waals surface area contributed by atoms with Crippen LogP contribution in [-0.4, -0.2) is 55.2 Å². The number of ether oxygens (including phenoxy) is 2. The predicted octanol–water partition coefficient (Wildman–Crippen LogP) is 0.686. The van der Waals surface area contributed by atoms with Crippen LogP contribution in [0.3, 0.4) is 0 Å². The van der Waals surface area contributed by atoms with Crippen LogP contribution in [0.2, 0.25) is 0 Å². The Morgan fingerprint density at radius 3 is 1.86 bits per heavy atom. The highest BCUT2D eigenvalue weighted by atomic mass is 16.5. The van der Waals surface area contributed by atoms with Crippen LogP contribution in [0.1, 0.15) is 32.3 Å². The zero-order chi connectivity index (χ0) is 22.0. The fraction of sp³-hybridized carbons (Fsp3) is 0.500. The SMILES string of the molecule is COC(=O)[C@H](Cc1ccc(O)cc1)NC(=O)CC(=O)N[C@@H](CC(C)C)C(=O)OC. The maximum atomic E-state index is 12.2. The molecule has 1 aromatic carbocycles. The molecule has 0 saturated heterocycles. The molecule has 0 aliphatic rings. The molecule has 1 aromatic rings. The number of rotatable bonds is 10. The molecule has 0 saturated carbocycles. The Morgan fingerprint density at radius 2 is 1.38 bits per heavy atom. The second kappa shape index (κ2) is 11.7. The molecule has 9 nitrogen and oxygen atoms in total. The number of methoxy groups -OCH3 is 2. The number of hydrogen-bond donors (Lipinski definition) is 3. The van der Waals surface area contributed by atoms with Crippen molar-refractivity contribution in [1.29, 1.82) is 0 Å². The van der Waals surface area contributed by atoms with Crippen molar-refractivity contribution in [3.63, 3.8) is 0 Å². The lowest BCUT2D eigenvalue weighted by Gasteiger charge is -2.19. The zero-order valence-corrected chi connectivity index (χ0v) is 17.1. The molecule has 160 valence electrons. The topological polar surface area (TPSA) is 131 Å². The maximum Gasteiger partial charge on any atom is 0.328 e. The third-order valence-electron chi connectivity index (χ3n) is 4.05. The van der Waals surface area contributed by atoms with Crippen molar-refractivity contribution in [2.45, 2.75) is 45.2 Å². The fourth-order valence-electron chi connectivity index (χ4n) is 2.67. The average molecular weight is 408 g/mol. The van der Waals surface area contributed by atoms with E-state index in [2.05, 4.69) is 15.4 Å². The number of carbonyl (C=O) groups excluding carboxylic acids is 4. The van der Waals surface area contributed by atoms with Gasteiger partial charge in [0, 0.05) is 6.42 Å². The number of nitrogens with one attached hydrogen (secondary N) is 2. The fourth-order valence-corrected chi connectivity index (χ4v) is 2.67. The Kier molecular flexibility index (Phi) is 9.64. The summed E-state index contributed by atoms with van der Waals surface area (Å²) in [6, 6.07) is 4.28. The van der Waals surface area contributed by atoms with Gasteiger partial charge in [0.15, 0.2) is 0 Å². The van der Waals surface area contributed by atoms with Crippen LogP contribution >= 0.6 is 0 Å². The van der Waals surface area contributed by atoms with E-state index in [1.54, 1.807) is 12.1 Å². The van der Waals surface area contributed by atoms with Gasteiger partial charge in [0.05, 0.1) is 14.2 Å². The molecular weight excluding hydrogens is 380 g/mol. The summed E-state index contributed by atoms with van der Waals surface area (Å²) < 4.78 is 9.37. The first kappa shape index (κ1) is 23.9. The van der Waals surface area contributed by atoms with Gasteiger partial charge in [-0.05, 0) is 30.0 Å². The van der Waals surface area contributed by atoms with E-state index in [0.29, 0.717) is 12.0 Å². The molecule has 0 spiro atoms. The van der Waals surface area contributed by atoms with Crippen molar-refractivity contribution in [3.8, 4) is 5.75 Å². The van der Waals surface area contributed by atoms with Gasteiger partial charge in [-0.15, -0.1) is 0 Å². The van der Waals surface area contributed by atoms with Crippen molar-refractivity contribution in [3.05, 3.63) is 29.8 Å². The summed E-state index contributed by atoms with van der Waals surface area (Å²) in [5.74, 6) is -2.41. The monoisotopic (exact) mass is 408 g/mol. The summed E-state index contributed by atoms with van der Waals surface area (Å²) in [7, 11) is 2.41. The molecule has 0 fully saturated rings. The van der Waals surface area contributed by atoms with Crippen LogP contribution in [-0.2, 0) is 35.1 Å². The van der Waals surface area contributed by atoms with Gasteiger partial charge in [0.25, 0.3) is 0 Å². The lowest BCUT2D eigenvalue weighted by molar-refractivity contribution is -0.146. The van der Waals surface area contributed by atoms with Crippen LogP contribution in [0.15, 0.2) is 24.3 Å². The van der Waals surface area contributed by atoms with E-state index in [9.17, 15) is 24.3 Å². The number of benzene rings is 1. The van der Waals surface area contributed by atoms with E-state index in [0.717, 1.165) is 0 Å². The lowest BCUT2D eigenvalue weighted by atomic mass is 10.0. The third-order valence-corrected chi connectivity index (χ3v) is 4.05. The molecule has 9 heteroatoms. The van der Waals surface area contributed by atoms with Crippen molar-refractivity contribution in [2.24, 2.45) is 5.92 Å². The second-order valence-electron chi connectivity index (χ2n) is 6.96. The summed E-state index contributed by atoms with van der Waals surface area (Å²) in [6.07, 6.45) is -0.0707.